The number of sulfonamides is 1. The number of benzene rings is 4. The molecule has 6 nitrogen and oxygen atoms in total. The quantitative estimate of drug-likeness (QED) is 0.197. The lowest BCUT2D eigenvalue weighted by Crippen LogP contribution is -2.26. The van der Waals surface area contributed by atoms with Gasteiger partial charge in [0, 0.05) is 21.2 Å². The van der Waals surface area contributed by atoms with Crippen LogP contribution in [-0.2, 0) is 10.0 Å². The number of rotatable bonds is 7. The summed E-state index contributed by atoms with van der Waals surface area (Å²) < 4.78 is 35.0. The van der Waals surface area contributed by atoms with Crippen LogP contribution < -0.4 is 14.4 Å². The Morgan fingerprint density at radius 2 is 1.68 bits per heavy atom. The van der Waals surface area contributed by atoms with E-state index in [-0.39, 0.29) is 10.8 Å². The van der Waals surface area contributed by atoms with Gasteiger partial charge in [-0.05, 0) is 84.2 Å². The first kappa shape index (κ1) is 26.2. The molecule has 0 saturated carbocycles. The molecule has 192 valence electrons. The second-order valence-electron chi connectivity index (χ2n) is 8.27. The number of para-hydroxylation sites is 1. The van der Waals surface area contributed by atoms with Gasteiger partial charge in [-0.3, -0.25) is 9.10 Å². The molecule has 5 rings (SSSR count). The van der Waals surface area contributed by atoms with Crippen LogP contribution >= 0.6 is 38.9 Å². The summed E-state index contributed by atoms with van der Waals surface area (Å²) in [5.74, 6) is 0.753. The molecule has 0 atom stereocenters. The van der Waals surface area contributed by atoms with Gasteiger partial charge in [0.15, 0.2) is 5.75 Å². The highest BCUT2D eigenvalue weighted by Gasteiger charge is 2.22. The van der Waals surface area contributed by atoms with Gasteiger partial charge < -0.3 is 10.1 Å². The molecular weight excluding hydrogens is 608 g/mol. The van der Waals surface area contributed by atoms with E-state index in [1.807, 2.05) is 36.4 Å². The van der Waals surface area contributed by atoms with Gasteiger partial charge in [-0.1, -0.05) is 45.7 Å². The van der Waals surface area contributed by atoms with Crippen LogP contribution in [0.4, 0.5) is 11.4 Å². The van der Waals surface area contributed by atoms with Crippen LogP contribution in [0.15, 0.2) is 106 Å². The minimum atomic E-state index is -3.75. The second kappa shape index (κ2) is 10.8. The molecule has 0 radical (unpaired) electrons. The van der Waals surface area contributed by atoms with E-state index in [2.05, 4.69) is 21.2 Å². The van der Waals surface area contributed by atoms with Crippen LogP contribution in [0.1, 0.15) is 9.67 Å². The van der Waals surface area contributed by atoms with Crippen molar-refractivity contribution in [3.8, 4) is 11.5 Å². The Balaban J connectivity index is 1.39. The molecule has 1 aromatic heterocycles. The first-order valence-corrected chi connectivity index (χ1v) is 14.8. The van der Waals surface area contributed by atoms with Gasteiger partial charge in [0.05, 0.1) is 21.1 Å². The van der Waals surface area contributed by atoms with E-state index in [4.69, 9.17) is 16.3 Å². The lowest BCUT2D eigenvalue weighted by molar-refractivity contribution is 0.103. The van der Waals surface area contributed by atoms with Crippen molar-refractivity contribution < 1.29 is 17.9 Å². The largest absolute Gasteiger partial charge is 0.455 e. The molecule has 0 aliphatic heterocycles. The van der Waals surface area contributed by atoms with Gasteiger partial charge in [0.1, 0.15) is 5.75 Å². The minimum Gasteiger partial charge on any atom is -0.455 e. The number of carbonyl (C=O) groups excluding carboxylic acids is 1. The Hall–Kier alpha value is -3.37. The predicted octanol–water partition coefficient (Wildman–Crippen LogP) is 8.19. The Morgan fingerprint density at radius 3 is 2.42 bits per heavy atom. The molecule has 1 N–H and O–H groups in total. The van der Waals surface area contributed by atoms with Crippen LogP contribution in [-0.4, -0.2) is 21.4 Å². The SMILES string of the molecule is CN(c1ccc2sc(C(=O)Nc3cc(Cl)ccc3Oc3ccccc3)cc2c1)S(=O)(=O)c1ccc(Br)cc1. The summed E-state index contributed by atoms with van der Waals surface area (Å²) >= 11 is 10.8. The maximum absolute atomic E-state index is 13.2. The van der Waals surface area contributed by atoms with Gasteiger partial charge in [-0.2, -0.15) is 0 Å². The number of anilines is 2. The van der Waals surface area contributed by atoms with Gasteiger partial charge in [-0.15, -0.1) is 11.3 Å². The summed E-state index contributed by atoms with van der Waals surface area (Å²) in [6, 6.07) is 27.7. The minimum absolute atomic E-state index is 0.184. The average molecular weight is 628 g/mol. The van der Waals surface area contributed by atoms with Crippen molar-refractivity contribution in [2.24, 2.45) is 0 Å². The normalized spacial score (nSPS) is 11.3. The Kier molecular flexibility index (Phi) is 7.45. The summed E-state index contributed by atoms with van der Waals surface area (Å²) in [5, 5.41) is 4.10. The Labute approximate surface area is 237 Å². The molecule has 0 spiro atoms. The van der Waals surface area contributed by atoms with Crippen molar-refractivity contribution in [3.05, 3.63) is 111 Å². The highest BCUT2D eigenvalue weighted by molar-refractivity contribution is 9.10. The van der Waals surface area contributed by atoms with Crippen molar-refractivity contribution in [1.29, 1.82) is 0 Å². The number of nitrogens with one attached hydrogen (secondary N) is 1. The monoisotopic (exact) mass is 626 g/mol. The average Bonchev–Trinajstić information content (AvgIpc) is 3.34. The van der Waals surface area contributed by atoms with Crippen molar-refractivity contribution >= 4 is 76.3 Å². The summed E-state index contributed by atoms with van der Waals surface area (Å²) in [6.07, 6.45) is 0. The molecule has 0 fully saturated rings. The van der Waals surface area contributed by atoms with E-state index in [1.165, 1.54) is 22.7 Å². The van der Waals surface area contributed by atoms with Crippen molar-refractivity contribution in [2.75, 3.05) is 16.7 Å². The highest BCUT2D eigenvalue weighted by atomic mass is 79.9. The summed E-state index contributed by atoms with van der Waals surface area (Å²) in [6.45, 7) is 0. The standard InChI is InChI=1S/C28H20BrClN2O4S2/c1-32(38(34,35)23-11-7-19(29)8-12-23)21-10-14-26-18(15-21)16-27(37-26)28(33)31-24-17-20(30)9-13-25(24)36-22-5-3-2-4-6-22/h2-17H,1H3,(H,31,33). The number of hydrogen-bond donors (Lipinski definition) is 1. The molecule has 38 heavy (non-hydrogen) atoms. The summed E-state index contributed by atoms with van der Waals surface area (Å²) in [7, 11) is -2.25. The van der Waals surface area contributed by atoms with Gasteiger partial charge in [0.2, 0.25) is 0 Å². The number of carbonyl (C=O) groups is 1. The first-order valence-electron chi connectivity index (χ1n) is 11.3. The molecule has 0 aliphatic carbocycles. The van der Waals surface area contributed by atoms with Crippen molar-refractivity contribution in [3.63, 3.8) is 0 Å². The number of halogens is 2. The zero-order valence-corrected chi connectivity index (χ0v) is 23.9. The van der Waals surface area contributed by atoms with E-state index in [1.54, 1.807) is 60.7 Å². The Bertz CT molecular complexity index is 1740. The van der Waals surface area contributed by atoms with Gasteiger partial charge >= 0.3 is 0 Å². The zero-order chi connectivity index (χ0) is 26.9. The molecule has 0 unspecified atom stereocenters. The van der Waals surface area contributed by atoms with Crippen LogP contribution in [0.2, 0.25) is 5.02 Å². The maximum Gasteiger partial charge on any atom is 0.265 e. The van der Waals surface area contributed by atoms with E-state index >= 15 is 0 Å². The molecular formula is C28H20BrClN2O4S2. The van der Waals surface area contributed by atoms with Gasteiger partial charge in [-0.25, -0.2) is 8.42 Å². The first-order chi connectivity index (χ1) is 18.2. The molecule has 0 saturated heterocycles. The summed E-state index contributed by atoms with van der Waals surface area (Å²) in [5.41, 5.74) is 0.920. The highest BCUT2D eigenvalue weighted by Crippen LogP contribution is 2.35. The van der Waals surface area contributed by atoms with E-state index in [9.17, 15) is 13.2 Å². The van der Waals surface area contributed by atoms with E-state index < -0.39 is 10.0 Å². The topological polar surface area (TPSA) is 75.7 Å². The number of amides is 1. The molecule has 4 aromatic carbocycles. The van der Waals surface area contributed by atoms with E-state index in [0.29, 0.717) is 32.8 Å². The molecule has 0 bridgehead atoms. The number of ether oxygens (including phenoxy) is 1. The van der Waals surface area contributed by atoms with Crippen LogP contribution in [0.5, 0.6) is 11.5 Å². The fourth-order valence-electron chi connectivity index (χ4n) is 3.73. The molecule has 10 heteroatoms. The maximum atomic E-state index is 13.2. The lowest BCUT2D eigenvalue weighted by Gasteiger charge is -2.19. The third-order valence-electron chi connectivity index (χ3n) is 5.72. The third-order valence-corrected chi connectivity index (χ3v) is 9.40. The smallest absolute Gasteiger partial charge is 0.265 e. The molecule has 1 heterocycles. The summed E-state index contributed by atoms with van der Waals surface area (Å²) in [4.78, 5) is 13.8. The number of nitrogens with zero attached hydrogens (tertiary/aromatic N) is 1. The number of hydrogen-bond acceptors (Lipinski definition) is 5. The number of thiophene rings is 1. The lowest BCUT2D eigenvalue weighted by atomic mass is 10.2. The Morgan fingerprint density at radius 1 is 0.947 bits per heavy atom. The van der Waals surface area contributed by atoms with Crippen molar-refractivity contribution in [1.82, 2.24) is 0 Å². The van der Waals surface area contributed by atoms with Crippen molar-refractivity contribution in [2.45, 2.75) is 4.90 Å². The van der Waals surface area contributed by atoms with Gasteiger partial charge in [0.25, 0.3) is 15.9 Å². The zero-order valence-electron chi connectivity index (χ0n) is 19.9. The van der Waals surface area contributed by atoms with Crippen LogP contribution in [0, 0.1) is 0 Å². The van der Waals surface area contributed by atoms with Crippen LogP contribution in [0.25, 0.3) is 10.1 Å². The molecule has 0 aliphatic rings. The van der Waals surface area contributed by atoms with Crippen LogP contribution in [0.3, 0.4) is 0 Å². The number of fused-ring (bicyclic) bond motifs is 1. The fraction of sp³-hybridized carbons (Fsp3) is 0.0357. The van der Waals surface area contributed by atoms with E-state index in [0.717, 1.165) is 14.6 Å². The predicted molar refractivity (Wildman–Crippen MR) is 157 cm³/mol. The molecule has 5 aromatic rings. The molecule has 1 amide bonds. The fourth-order valence-corrected chi connectivity index (χ4v) is 6.29. The second-order valence-corrected chi connectivity index (χ2v) is 12.7. The third kappa shape index (κ3) is 5.56.